The van der Waals surface area contributed by atoms with E-state index in [9.17, 15) is 23.1 Å². The van der Waals surface area contributed by atoms with Gasteiger partial charge in [-0.2, -0.15) is 18.3 Å². The van der Waals surface area contributed by atoms with E-state index in [2.05, 4.69) is 32.9 Å². The van der Waals surface area contributed by atoms with Gasteiger partial charge in [0.2, 0.25) is 0 Å². The van der Waals surface area contributed by atoms with Crippen LogP contribution in [-0.2, 0) is 11.8 Å². The molecule has 3 aromatic rings. The molecule has 0 atom stereocenters. The minimum absolute atomic E-state index is 0.296. The lowest BCUT2D eigenvalue weighted by Crippen LogP contribution is -2.22. The van der Waals surface area contributed by atoms with Crippen molar-refractivity contribution in [1.82, 2.24) is 14.8 Å². The van der Waals surface area contributed by atoms with Gasteiger partial charge in [-0.3, -0.25) is 9.48 Å². The molecule has 1 saturated carbocycles. The Morgan fingerprint density at radius 1 is 1.21 bits per heavy atom. The number of benzene rings is 1. The molecule has 1 fully saturated rings. The van der Waals surface area contributed by atoms with Gasteiger partial charge in [-0.1, -0.05) is 28.7 Å². The van der Waals surface area contributed by atoms with Gasteiger partial charge in [-0.25, -0.2) is 4.98 Å². The zero-order valence-corrected chi connectivity index (χ0v) is 21.0. The maximum Gasteiger partial charge on any atom is 0.433 e. The van der Waals surface area contributed by atoms with E-state index in [0.717, 1.165) is 53.5 Å². The van der Waals surface area contributed by atoms with Gasteiger partial charge >= 0.3 is 6.18 Å². The van der Waals surface area contributed by atoms with E-state index < -0.39 is 23.4 Å². The fourth-order valence-corrected chi connectivity index (χ4v) is 5.24. The Kier molecular flexibility index (Phi) is 6.92. The van der Waals surface area contributed by atoms with Crippen LogP contribution in [0.5, 0.6) is 0 Å². The van der Waals surface area contributed by atoms with Gasteiger partial charge in [0.05, 0.1) is 17.2 Å². The van der Waals surface area contributed by atoms with Crippen LogP contribution >= 0.6 is 22.6 Å². The van der Waals surface area contributed by atoms with Crippen LogP contribution in [0.3, 0.4) is 0 Å². The summed E-state index contributed by atoms with van der Waals surface area (Å²) in [5, 5.41) is 18.9. The first-order valence-corrected chi connectivity index (χ1v) is 12.7. The van der Waals surface area contributed by atoms with Crippen molar-refractivity contribution in [3.8, 4) is 0 Å². The molecule has 1 aliphatic rings. The maximum absolute atomic E-state index is 13.0. The molecule has 0 saturated heterocycles. The summed E-state index contributed by atoms with van der Waals surface area (Å²) in [5.41, 5.74) is -1.42. The SMILES string of the molecule is CC(C)(O)c1cc2nn(C3CCC(CI)CC3)cc2cc1NC(=O)c1cccc(C(F)(F)F)n1. The number of nitrogens with zero attached hydrogens (tertiary/aromatic N) is 3. The summed E-state index contributed by atoms with van der Waals surface area (Å²) in [5.74, 6) is -0.0460. The van der Waals surface area contributed by atoms with Crippen LogP contribution in [0, 0.1) is 5.92 Å². The van der Waals surface area contributed by atoms with Crippen LogP contribution in [0.15, 0.2) is 36.5 Å². The highest BCUT2D eigenvalue weighted by atomic mass is 127. The first kappa shape index (κ1) is 24.9. The largest absolute Gasteiger partial charge is 0.433 e. The zero-order chi connectivity index (χ0) is 24.7. The quantitative estimate of drug-likeness (QED) is 0.280. The highest BCUT2D eigenvalue weighted by Crippen LogP contribution is 2.36. The van der Waals surface area contributed by atoms with E-state index in [-0.39, 0.29) is 5.69 Å². The second-order valence-electron chi connectivity index (χ2n) is 9.31. The topological polar surface area (TPSA) is 80.0 Å². The summed E-state index contributed by atoms with van der Waals surface area (Å²) in [7, 11) is 0. The highest BCUT2D eigenvalue weighted by Gasteiger charge is 2.33. The Hall–Kier alpha value is -2.21. The lowest BCUT2D eigenvalue weighted by Gasteiger charge is -2.27. The minimum atomic E-state index is -4.65. The third-order valence-corrected chi connectivity index (χ3v) is 7.50. The molecule has 4 rings (SSSR count). The second-order valence-corrected chi connectivity index (χ2v) is 10.2. The Bertz CT molecular complexity index is 1200. The summed E-state index contributed by atoms with van der Waals surface area (Å²) >= 11 is 2.43. The molecule has 1 aliphatic carbocycles. The van der Waals surface area contributed by atoms with Gasteiger partial charge < -0.3 is 10.4 Å². The third kappa shape index (κ3) is 5.37. The van der Waals surface area contributed by atoms with Crippen molar-refractivity contribution >= 4 is 45.1 Å². The van der Waals surface area contributed by atoms with E-state index in [1.165, 1.54) is 6.07 Å². The predicted octanol–water partition coefficient (Wildman–Crippen LogP) is 6.10. The number of carbonyl (C=O) groups is 1. The summed E-state index contributed by atoms with van der Waals surface area (Å²) in [6.45, 7) is 3.16. The molecule has 0 bridgehead atoms. The normalized spacial score (nSPS) is 19.4. The molecular formula is C24H26F3IN4O2. The molecular weight excluding hydrogens is 560 g/mol. The average Bonchev–Trinajstić information content (AvgIpc) is 3.20. The number of alkyl halides is 4. The Labute approximate surface area is 209 Å². The Balaban J connectivity index is 1.66. The first-order valence-electron chi connectivity index (χ1n) is 11.1. The average molecular weight is 586 g/mol. The van der Waals surface area contributed by atoms with E-state index in [1.54, 1.807) is 26.0 Å². The van der Waals surface area contributed by atoms with Gasteiger partial charge in [0.25, 0.3) is 5.91 Å². The zero-order valence-electron chi connectivity index (χ0n) is 18.9. The number of rotatable bonds is 5. The van der Waals surface area contributed by atoms with Gasteiger partial charge in [-0.15, -0.1) is 0 Å². The highest BCUT2D eigenvalue weighted by molar-refractivity contribution is 14.1. The van der Waals surface area contributed by atoms with Crippen LogP contribution in [0.1, 0.15) is 67.3 Å². The van der Waals surface area contributed by atoms with Gasteiger partial charge in [0, 0.05) is 27.3 Å². The van der Waals surface area contributed by atoms with Crippen molar-refractivity contribution in [3.63, 3.8) is 0 Å². The summed E-state index contributed by atoms with van der Waals surface area (Å²) in [6, 6.07) is 6.89. The number of aliphatic hydroxyl groups is 1. The molecule has 2 heterocycles. The number of nitrogens with one attached hydrogen (secondary N) is 1. The molecule has 2 N–H and O–H groups in total. The number of amides is 1. The first-order chi connectivity index (χ1) is 16.0. The van der Waals surface area contributed by atoms with Crippen LogP contribution < -0.4 is 5.32 Å². The van der Waals surface area contributed by atoms with Gasteiger partial charge in [0.1, 0.15) is 11.4 Å². The van der Waals surface area contributed by atoms with Crippen molar-refractivity contribution in [2.45, 2.75) is 57.3 Å². The van der Waals surface area contributed by atoms with Crippen molar-refractivity contribution in [2.75, 3.05) is 9.74 Å². The Morgan fingerprint density at radius 2 is 1.91 bits per heavy atom. The number of anilines is 1. The number of aromatic nitrogens is 3. The minimum Gasteiger partial charge on any atom is -0.386 e. The molecule has 0 aliphatic heterocycles. The molecule has 1 amide bonds. The molecule has 1 aromatic carbocycles. The monoisotopic (exact) mass is 586 g/mol. The summed E-state index contributed by atoms with van der Waals surface area (Å²) < 4.78 is 42.2. The molecule has 0 radical (unpaired) electrons. The maximum atomic E-state index is 13.0. The second kappa shape index (κ2) is 9.44. The van der Waals surface area contributed by atoms with Gasteiger partial charge in [-0.05, 0) is 69.7 Å². The molecule has 34 heavy (non-hydrogen) atoms. The fraction of sp³-hybridized carbons (Fsp3) is 0.458. The molecule has 182 valence electrons. The lowest BCUT2D eigenvalue weighted by atomic mass is 9.87. The summed E-state index contributed by atoms with van der Waals surface area (Å²) in [4.78, 5) is 16.2. The lowest BCUT2D eigenvalue weighted by molar-refractivity contribution is -0.141. The van der Waals surface area contributed by atoms with Crippen LogP contribution in [-0.4, -0.2) is 30.2 Å². The van der Waals surface area contributed by atoms with E-state index in [1.807, 2.05) is 10.9 Å². The number of hydrogen-bond acceptors (Lipinski definition) is 4. The summed E-state index contributed by atoms with van der Waals surface area (Å²) in [6.07, 6.45) is 1.68. The van der Waals surface area contributed by atoms with Gasteiger partial charge in [0.15, 0.2) is 0 Å². The van der Waals surface area contributed by atoms with Crippen molar-refractivity contribution in [3.05, 3.63) is 53.5 Å². The number of hydrogen-bond donors (Lipinski definition) is 2. The third-order valence-electron chi connectivity index (χ3n) is 6.25. The standard InChI is InChI=1S/C24H26F3IN4O2/c1-23(2,34)17-11-19-15(13-32(31-19)16-8-6-14(12-28)7-9-16)10-20(17)30-22(33)18-4-3-5-21(29-18)24(25,26)27/h3-5,10-11,13-14,16,34H,6-9,12H2,1-2H3,(H,30,33). The predicted molar refractivity (Wildman–Crippen MR) is 132 cm³/mol. The number of fused-ring (bicyclic) bond motifs is 1. The number of carbonyl (C=O) groups excluding carboxylic acids is 1. The number of halogens is 4. The van der Waals surface area contributed by atoms with Crippen molar-refractivity contribution in [2.24, 2.45) is 5.92 Å². The molecule has 6 nitrogen and oxygen atoms in total. The van der Waals surface area contributed by atoms with Crippen molar-refractivity contribution < 1.29 is 23.1 Å². The van der Waals surface area contributed by atoms with E-state index in [0.29, 0.717) is 22.8 Å². The van der Waals surface area contributed by atoms with Crippen molar-refractivity contribution in [1.29, 1.82) is 0 Å². The molecule has 0 unspecified atom stereocenters. The van der Waals surface area contributed by atoms with Crippen LogP contribution in [0.2, 0.25) is 0 Å². The fourth-order valence-electron chi connectivity index (χ4n) is 4.36. The smallest absolute Gasteiger partial charge is 0.386 e. The Morgan fingerprint density at radius 3 is 2.53 bits per heavy atom. The van der Waals surface area contributed by atoms with E-state index in [4.69, 9.17) is 5.10 Å². The number of pyridine rings is 1. The molecule has 0 spiro atoms. The van der Waals surface area contributed by atoms with Crippen LogP contribution in [0.25, 0.3) is 10.9 Å². The molecule has 10 heteroatoms. The van der Waals surface area contributed by atoms with Crippen LogP contribution in [0.4, 0.5) is 18.9 Å². The molecule has 2 aromatic heterocycles. The van der Waals surface area contributed by atoms with E-state index >= 15 is 0 Å².